The fourth-order valence-electron chi connectivity index (χ4n) is 3.45. The number of ether oxygens (including phenoxy) is 1. The summed E-state index contributed by atoms with van der Waals surface area (Å²) in [4.78, 5) is 11.0. The fourth-order valence-corrected chi connectivity index (χ4v) is 3.45. The number of nitrogens with two attached hydrogens (primary N) is 1. The summed E-state index contributed by atoms with van der Waals surface area (Å²) < 4.78 is 18.3. The summed E-state index contributed by atoms with van der Waals surface area (Å²) in [5.41, 5.74) is 5.92. The Morgan fingerprint density at radius 3 is 2.32 bits per heavy atom. The molecular weight excluding hydrogens is 283 g/mol. The molecule has 0 spiro atoms. The van der Waals surface area contributed by atoms with Crippen LogP contribution in [0, 0.1) is 5.82 Å². The lowest BCUT2D eigenvalue weighted by molar-refractivity contribution is 0.0994. The molecule has 3 rings (SSSR count). The lowest BCUT2D eigenvalue weighted by Gasteiger charge is -2.40. The highest BCUT2D eigenvalue weighted by atomic mass is 19.1. The molecule has 4 nitrogen and oxygen atoms in total. The Hall–Kier alpha value is -1.62. The van der Waals surface area contributed by atoms with Crippen molar-refractivity contribution in [3.63, 3.8) is 0 Å². The summed E-state index contributed by atoms with van der Waals surface area (Å²) in [6.07, 6.45) is 5.72. The van der Waals surface area contributed by atoms with E-state index in [-0.39, 0.29) is 17.8 Å². The Kier molecular flexibility index (Phi) is 4.34. The lowest BCUT2D eigenvalue weighted by Crippen LogP contribution is -2.43. The SMILES string of the molecule is NC(=O)OC[C@]1(c2ccc(F)cc2)CC[C@H](NC2CC2)CC1. The van der Waals surface area contributed by atoms with Crippen LogP contribution in [-0.4, -0.2) is 24.8 Å². The van der Waals surface area contributed by atoms with Crippen LogP contribution in [0.4, 0.5) is 9.18 Å². The molecule has 0 aliphatic heterocycles. The first-order valence-electron chi connectivity index (χ1n) is 8.02. The number of carbonyl (C=O) groups is 1. The average Bonchev–Trinajstić information content (AvgIpc) is 3.32. The van der Waals surface area contributed by atoms with Crippen molar-refractivity contribution >= 4 is 6.09 Å². The van der Waals surface area contributed by atoms with E-state index in [1.165, 1.54) is 25.0 Å². The van der Waals surface area contributed by atoms with Crippen LogP contribution in [0.1, 0.15) is 44.1 Å². The number of benzene rings is 1. The second-order valence-electron chi connectivity index (χ2n) is 6.61. The smallest absolute Gasteiger partial charge is 0.404 e. The second kappa shape index (κ2) is 6.24. The van der Waals surface area contributed by atoms with Crippen molar-refractivity contribution < 1.29 is 13.9 Å². The zero-order valence-corrected chi connectivity index (χ0v) is 12.7. The minimum Gasteiger partial charge on any atom is -0.449 e. The summed E-state index contributed by atoms with van der Waals surface area (Å²) in [5, 5.41) is 3.66. The van der Waals surface area contributed by atoms with E-state index in [1.54, 1.807) is 12.1 Å². The number of primary amides is 1. The van der Waals surface area contributed by atoms with Gasteiger partial charge in [-0.25, -0.2) is 9.18 Å². The summed E-state index contributed by atoms with van der Waals surface area (Å²) in [7, 11) is 0. The van der Waals surface area contributed by atoms with Gasteiger partial charge < -0.3 is 15.8 Å². The standard InChI is InChI=1S/C17H23FN2O2/c18-13-3-1-12(2-4-13)17(11-22-16(19)21)9-7-15(8-10-17)20-14-5-6-14/h1-4,14-15,20H,5-11H2,(H2,19,21)/t15-,17-. The third kappa shape index (κ3) is 3.58. The molecule has 2 saturated carbocycles. The Morgan fingerprint density at radius 2 is 1.77 bits per heavy atom. The van der Waals surface area contributed by atoms with E-state index in [1.807, 2.05) is 0 Å². The van der Waals surface area contributed by atoms with Crippen LogP contribution in [0.5, 0.6) is 0 Å². The predicted molar refractivity (Wildman–Crippen MR) is 82.0 cm³/mol. The van der Waals surface area contributed by atoms with E-state index in [0.717, 1.165) is 31.2 Å². The fraction of sp³-hybridized carbons (Fsp3) is 0.588. The molecule has 2 aliphatic rings. The number of hydrogen-bond acceptors (Lipinski definition) is 3. The van der Waals surface area contributed by atoms with Gasteiger partial charge in [0.05, 0.1) is 0 Å². The highest BCUT2D eigenvalue weighted by molar-refractivity contribution is 5.64. The van der Waals surface area contributed by atoms with Gasteiger partial charge in [-0.15, -0.1) is 0 Å². The molecule has 0 saturated heterocycles. The molecule has 0 unspecified atom stereocenters. The maximum atomic E-state index is 13.2. The van der Waals surface area contributed by atoms with E-state index in [4.69, 9.17) is 10.5 Å². The van der Waals surface area contributed by atoms with Gasteiger partial charge in [0, 0.05) is 17.5 Å². The third-order valence-corrected chi connectivity index (χ3v) is 4.94. The molecule has 0 bridgehead atoms. The Morgan fingerprint density at radius 1 is 1.18 bits per heavy atom. The maximum Gasteiger partial charge on any atom is 0.404 e. The van der Waals surface area contributed by atoms with E-state index < -0.39 is 6.09 Å². The van der Waals surface area contributed by atoms with Gasteiger partial charge in [0.25, 0.3) is 0 Å². The topological polar surface area (TPSA) is 64.4 Å². The first kappa shape index (κ1) is 15.3. The number of nitrogens with one attached hydrogen (secondary N) is 1. The Bertz CT molecular complexity index is 520. The summed E-state index contributed by atoms with van der Waals surface area (Å²) in [5.74, 6) is -0.251. The molecule has 0 heterocycles. The van der Waals surface area contributed by atoms with Crippen molar-refractivity contribution in [1.82, 2.24) is 5.32 Å². The first-order valence-corrected chi connectivity index (χ1v) is 8.02. The van der Waals surface area contributed by atoms with Gasteiger partial charge in [0.1, 0.15) is 12.4 Å². The van der Waals surface area contributed by atoms with Gasteiger partial charge in [-0.3, -0.25) is 0 Å². The van der Waals surface area contributed by atoms with E-state index in [2.05, 4.69) is 5.32 Å². The second-order valence-corrected chi connectivity index (χ2v) is 6.61. The first-order chi connectivity index (χ1) is 10.6. The molecule has 120 valence electrons. The van der Waals surface area contributed by atoms with Crippen molar-refractivity contribution in [2.75, 3.05) is 6.61 Å². The van der Waals surface area contributed by atoms with Gasteiger partial charge in [0.15, 0.2) is 0 Å². The van der Waals surface area contributed by atoms with Crippen LogP contribution >= 0.6 is 0 Å². The molecule has 0 atom stereocenters. The van der Waals surface area contributed by atoms with Gasteiger partial charge in [-0.05, 0) is 56.2 Å². The Balaban J connectivity index is 1.72. The largest absolute Gasteiger partial charge is 0.449 e. The molecular formula is C17H23FN2O2. The highest BCUT2D eigenvalue weighted by Gasteiger charge is 2.39. The zero-order valence-electron chi connectivity index (χ0n) is 12.7. The van der Waals surface area contributed by atoms with Gasteiger partial charge in [0.2, 0.25) is 0 Å². The van der Waals surface area contributed by atoms with Crippen LogP contribution in [0.25, 0.3) is 0 Å². The molecule has 2 aliphatic carbocycles. The normalized spacial score (nSPS) is 28.3. The van der Waals surface area contributed by atoms with E-state index >= 15 is 0 Å². The average molecular weight is 306 g/mol. The molecule has 5 heteroatoms. The van der Waals surface area contributed by atoms with Gasteiger partial charge in [-0.2, -0.15) is 0 Å². The summed E-state index contributed by atoms with van der Waals surface area (Å²) in [6, 6.07) is 7.77. The minimum absolute atomic E-state index is 0.246. The van der Waals surface area contributed by atoms with Crippen LogP contribution in [0.2, 0.25) is 0 Å². The van der Waals surface area contributed by atoms with Crippen LogP contribution in [-0.2, 0) is 10.2 Å². The van der Waals surface area contributed by atoms with Gasteiger partial charge >= 0.3 is 6.09 Å². The van der Waals surface area contributed by atoms with Crippen LogP contribution < -0.4 is 11.1 Å². The van der Waals surface area contributed by atoms with E-state index in [0.29, 0.717) is 12.1 Å². The van der Waals surface area contributed by atoms with Crippen molar-refractivity contribution in [1.29, 1.82) is 0 Å². The monoisotopic (exact) mass is 306 g/mol. The van der Waals surface area contributed by atoms with Crippen LogP contribution in [0.15, 0.2) is 24.3 Å². The molecule has 22 heavy (non-hydrogen) atoms. The van der Waals surface area contributed by atoms with Crippen molar-refractivity contribution in [3.8, 4) is 0 Å². The zero-order chi connectivity index (χ0) is 15.6. The minimum atomic E-state index is -0.750. The number of carbonyl (C=O) groups excluding carboxylic acids is 1. The third-order valence-electron chi connectivity index (χ3n) is 4.94. The number of hydrogen-bond donors (Lipinski definition) is 2. The molecule has 1 aromatic rings. The highest BCUT2D eigenvalue weighted by Crippen LogP contribution is 2.40. The number of halogens is 1. The maximum absolute atomic E-state index is 13.2. The predicted octanol–water partition coefficient (Wildman–Crippen LogP) is 2.85. The quantitative estimate of drug-likeness (QED) is 0.879. The molecule has 1 aromatic carbocycles. The van der Waals surface area contributed by atoms with Crippen molar-refractivity contribution in [2.24, 2.45) is 5.73 Å². The van der Waals surface area contributed by atoms with Crippen molar-refractivity contribution in [2.45, 2.75) is 56.0 Å². The molecule has 1 amide bonds. The number of rotatable bonds is 5. The summed E-state index contributed by atoms with van der Waals surface area (Å²) in [6.45, 7) is 0.268. The molecule has 2 fully saturated rings. The van der Waals surface area contributed by atoms with Crippen molar-refractivity contribution in [3.05, 3.63) is 35.6 Å². The molecule has 0 aromatic heterocycles. The van der Waals surface area contributed by atoms with Gasteiger partial charge in [-0.1, -0.05) is 12.1 Å². The number of amides is 1. The summed E-state index contributed by atoms with van der Waals surface area (Å²) >= 11 is 0. The molecule has 3 N–H and O–H groups in total. The Labute approximate surface area is 130 Å². The lowest BCUT2D eigenvalue weighted by atomic mass is 9.68. The molecule has 0 radical (unpaired) electrons. The van der Waals surface area contributed by atoms with E-state index in [9.17, 15) is 9.18 Å². The van der Waals surface area contributed by atoms with Crippen LogP contribution in [0.3, 0.4) is 0 Å².